The molecule has 7 nitrogen and oxygen atoms in total. The lowest BCUT2D eigenvalue weighted by molar-refractivity contribution is -0.288. The highest BCUT2D eigenvalue weighted by atomic mass is 19.4. The summed E-state index contributed by atoms with van der Waals surface area (Å²) in [6.45, 7) is 2.31. The predicted octanol–water partition coefficient (Wildman–Crippen LogP) is 4.98. The summed E-state index contributed by atoms with van der Waals surface area (Å²) in [5.41, 5.74) is -3.76. The van der Waals surface area contributed by atoms with E-state index >= 15 is 0 Å². The molecule has 0 bridgehead atoms. The van der Waals surface area contributed by atoms with Crippen molar-refractivity contribution in [1.82, 2.24) is 10.6 Å². The zero-order valence-electron chi connectivity index (χ0n) is 18.9. The number of aliphatic hydroxyl groups is 1. The van der Waals surface area contributed by atoms with Crippen molar-refractivity contribution in [2.75, 3.05) is 6.61 Å². The molecule has 1 aliphatic heterocycles. The van der Waals surface area contributed by atoms with Gasteiger partial charge in [0.1, 0.15) is 35.0 Å². The molecule has 1 aliphatic rings. The average molecular weight is 506 g/mol. The van der Waals surface area contributed by atoms with Crippen molar-refractivity contribution in [3.05, 3.63) is 77.8 Å². The molecule has 3 aromatic rings. The number of hydrogen-bond acceptors (Lipinski definition) is 5. The molecule has 0 radical (unpaired) electrons. The van der Waals surface area contributed by atoms with Crippen LogP contribution in [0.1, 0.15) is 35.5 Å². The normalized spacial score (nSPS) is 22.0. The Morgan fingerprint density at radius 1 is 1.14 bits per heavy atom. The maximum Gasteiger partial charge on any atom is 0.437 e. The highest BCUT2D eigenvalue weighted by Gasteiger charge is 2.66. The number of alkyl halides is 3. The first kappa shape index (κ1) is 25.2. The van der Waals surface area contributed by atoms with E-state index in [0.717, 1.165) is 12.5 Å². The Balaban J connectivity index is 1.75. The molecule has 0 saturated carbocycles. The van der Waals surface area contributed by atoms with Gasteiger partial charge >= 0.3 is 12.2 Å². The van der Waals surface area contributed by atoms with Crippen molar-refractivity contribution in [3.8, 4) is 17.1 Å². The minimum absolute atomic E-state index is 0.0939. The smallest absolute Gasteiger partial charge is 0.437 e. The number of urea groups is 1. The van der Waals surface area contributed by atoms with Crippen molar-refractivity contribution in [2.24, 2.45) is 5.92 Å². The third-order valence-corrected chi connectivity index (χ3v) is 5.74. The van der Waals surface area contributed by atoms with Gasteiger partial charge in [0, 0.05) is 11.1 Å². The van der Waals surface area contributed by atoms with Crippen molar-refractivity contribution in [2.45, 2.75) is 31.3 Å². The Morgan fingerprint density at radius 3 is 2.50 bits per heavy atom. The number of halogens is 4. The summed E-state index contributed by atoms with van der Waals surface area (Å²) >= 11 is 0. The number of Topliss-reactive ketones (excluding diaryl/α,β-unsaturated/α-hetero) is 1. The second-order valence-corrected chi connectivity index (χ2v) is 8.27. The molecule has 2 amide bonds. The minimum atomic E-state index is -5.41. The molecule has 0 spiro atoms. The van der Waals surface area contributed by atoms with Crippen molar-refractivity contribution in [1.29, 1.82) is 0 Å². The van der Waals surface area contributed by atoms with Gasteiger partial charge in [0.05, 0.1) is 6.61 Å². The molecule has 4 rings (SSSR count). The van der Waals surface area contributed by atoms with Crippen LogP contribution in [0.3, 0.4) is 0 Å². The maximum absolute atomic E-state index is 14.1. The van der Waals surface area contributed by atoms with Gasteiger partial charge < -0.3 is 24.9 Å². The first-order valence-electron chi connectivity index (χ1n) is 11.0. The molecule has 2 heterocycles. The van der Waals surface area contributed by atoms with E-state index in [9.17, 15) is 32.3 Å². The first-order valence-corrected chi connectivity index (χ1v) is 11.0. The van der Waals surface area contributed by atoms with Crippen LogP contribution in [0, 0.1) is 11.7 Å². The zero-order chi connectivity index (χ0) is 26.1. The number of amides is 2. The van der Waals surface area contributed by atoms with Gasteiger partial charge in [0.15, 0.2) is 5.78 Å². The predicted molar refractivity (Wildman–Crippen MR) is 120 cm³/mol. The molecule has 190 valence electrons. The van der Waals surface area contributed by atoms with Crippen molar-refractivity contribution in [3.63, 3.8) is 0 Å². The number of carbonyl (C=O) groups is 2. The van der Waals surface area contributed by atoms with Gasteiger partial charge in [-0.2, -0.15) is 13.2 Å². The molecule has 3 N–H and O–H groups in total. The van der Waals surface area contributed by atoms with E-state index in [-0.39, 0.29) is 22.6 Å². The van der Waals surface area contributed by atoms with Crippen LogP contribution in [0.5, 0.6) is 5.75 Å². The van der Waals surface area contributed by atoms with Gasteiger partial charge in [-0.15, -0.1) is 0 Å². The summed E-state index contributed by atoms with van der Waals surface area (Å²) < 4.78 is 67.0. The SMILES string of the molecule is CCCOc1ccc(C(=O)[C@H]2[C@@H](c3ccc(-c4cccc(F)c4)o3)NC(=O)N[C@]2(O)C(F)(F)F)cc1. The van der Waals surface area contributed by atoms with Crippen LogP contribution in [0.2, 0.25) is 0 Å². The molecular formula is C25H22F4N2O5. The number of nitrogens with one attached hydrogen (secondary N) is 2. The molecule has 36 heavy (non-hydrogen) atoms. The van der Waals surface area contributed by atoms with E-state index < -0.39 is 41.5 Å². The van der Waals surface area contributed by atoms with Gasteiger partial charge in [-0.1, -0.05) is 19.1 Å². The van der Waals surface area contributed by atoms with Gasteiger partial charge in [-0.3, -0.25) is 4.79 Å². The minimum Gasteiger partial charge on any atom is -0.494 e. The number of ketones is 1. The third kappa shape index (κ3) is 4.78. The molecule has 0 aliphatic carbocycles. The van der Waals surface area contributed by atoms with Crippen LogP contribution < -0.4 is 15.4 Å². The maximum atomic E-state index is 14.1. The Labute approximate surface area is 203 Å². The fraction of sp³-hybridized carbons (Fsp3) is 0.280. The lowest BCUT2D eigenvalue weighted by Gasteiger charge is -2.44. The van der Waals surface area contributed by atoms with E-state index in [4.69, 9.17) is 9.15 Å². The van der Waals surface area contributed by atoms with Gasteiger partial charge in [-0.25, -0.2) is 9.18 Å². The monoisotopic (exact) mass is 506 g/mol. The number of rotatable bonds is 7. The van der Waals surface area contributed by atoms with Gasteiger partial charge in [-0.05, 0) is 55.0 Å². The quantitative estimate of drug-likeness (QED) is 0.310. The van der Waals surface area contributed by atoms with Crippen LogP contribution in [-0.4, -0.2) is 35.4 Å². The Bertz CT molecular complexity index is 1260. The van der Waals surface area contributed by atoms with Crippen LogP contribution in [0.25, 0.3) is 11.3 Å². The van der Waals surface area contributed by atoms with Crippen molar-refractivity contribution >= 4 is 11.8 Å². The lowest BCUT2D eigenvalue weighted by atomic mass is 9.79. The number of hydrogen-bond donors (Lipinski definition) is 3. The molecule has 1 aromatic heterocycles. The topological polar surface area (TPSA) is 101 Å². The van der Waals surface area contributed by atoms with Gasteiger partial charge in [0.2, 0.25) is 5.72 Å². The van der Waals surface area contributed by atoms with E-state index in [1.54, 1.807) is 0 Å². The van der Waals surface area contributed by atoms with Crippen molar-refractivity contribution < 1.29 is 41.4 Å². The third-order valence-electron chi connectivity index (χ3n) is 5.74. The summed E-state index contributed by atoms with van der Waals surface area (Å²) in [6, 6.07) is 10.3. The summed E-state index contributed by atoms with van der Waals surface area (Å²) in [5, 5.41) is 14.4. The zero-order valence-corrected chi connectivity index (χ0v) is 18.9. The highest BCUT2D eigenvalue weighted by molar-refractivity contribution is 6.00. The molecular weight excluding hydrogens is 484 g/mol. The number of benzene rings is 2. The van der Waals surface area contributed by atoms with Crippen LogP contribution in [0.4, 0.5) is 22.4 Å². The van der Waals surface area contributed by atoms with Gasteiger partial charge in [0.25, 0.3) is 0 Å². The summed E-state index contributed by atoms with van der Waals surface area (Å²) in [7, 11) is 0. The molecule has 0 unspecified atom stereocenters. The van der Waals surface area contributed by atoms with E-state index in [0.29, 0.717) is 12.4 Å². The second kappa shape index (κ2) is 9.65. The molecule has 2 aromatic carbocycles. The lowest BCUT2D eigenvalue weighted by Crippen LogP contribution is -2.72. The molecule has 11 heteroatoms. The highest BCUT2D eigenvalue weighted by Crippen LogP contribution is 2.44. The van der Waals surface area contributed by atoms with Crippen LogP contribution >= 0.6 is 0 Å². The molecule has 1 fully saturated rings. The van der Waals surface area contributed by atoms with Crippen LogP contribution in [-0.2, 0) is 0 Å². The first-order chi connectivity index (χ1) is 17.0. The molecule has 3 atom stereocenters. The number of ether oxygens (including phenoxy) is 1. The fourth-order valence-corrected chi connectivity index (χ4v) is 4.01. The number of furan rings is 1. The summed E-state index contributed by atoms with van der Waals surface area (Å²) in [5.74, 6) is -3.64. The standard InChI is InChI=1S/C25H22F4N2O5/c1-2-12-35-17-8-6-14(7-9-17)22(32)20-21(30-23(33)31-24(20,34)25(27,28)29)19-11-10-18(36-19)15-4-3-5-16(26)13-15/h3-11,13,20-21,34H,2,12H2,1H3,(H2,30,31,33)/t20-,21-,24-/m1/s1. The molecule has 1 saturated heterocycles. The Hall–Kier alpha value is -3.86. The van der Waals surface area contributed by atoms with Crippen LogP contribution in [0.15, 0.2) is 65.1 Å². The average Bonchev–Trinajstić information content (AvgIpc) is 3.32. The largest absolute Gasteiger partial charge is 0.494 e. The Morgan fingerprint density at radius 2 is 1.86 bits per heavy atom. The van der Waals surface area contributed by atoms with E-state index in [1.165, 1.54) is 59.9 Å². The fourth-order valence-electron chi connectivity index (χ4n) is 4.01. The van der Waals surface area contributed by atoms with E-state index in [2.05, 4.69) is 5.32 Å². The summed E-state index contributed by atoms with van der Waals surface area (Å²) in [4.78, 5) is 25.6. The van der Waals surface area contributed by atoms with E-state index in [1.807, 2.05) is 6.92 Å². The number of carbonyl (C=O) groups excluding carboxylic acids is 2. The summed E-state index contributed by atoms with van der Waals surface area (Å²) in [6.07, 6.45) is -4.68. The second-order valence-electron chi connectivity index (χ2n) is 8.27. The Kier molecular flexibility index (Phi) is 6.77.